The average Bonchev–Trinajstić information content (AvgIpc) is 3.48. The van der Waals surface area contributed by atoms with Gasteiger partial charge in [-0.05, 0) is 41.8 Å². The van der Waals surface area contributed by atoms with Crippen molar-refractivity contribution >= 4 is 17.6 Å². The van der Waals surface area contributed by atoms with Crippen LogP contribution in [0.15, 0.2) is 82.4 Å². The molecule has 2 aromatic carbocycles. The lowest BCUT2D eigenvalue weighted by molar-refractivity contribution is -0.117. The summed E-state index contributed by atoms with van der Waals surface area (Å²) >= 11 is 0. The first-order chi connectivity index (χ1) is 15.3. The normalized spacial score (nSPS) is 14.1. The zero-order chi connectivity index (χ0) is 21.3. The maximum atomic E-state index is 11.9. The largest absolute Gasteiger partial charge is 0.469 e. The highest BCUT2D eigenvalue weighted by atomic mass is 16.3. The van der Waals surface area contributed by atoms with Gasteiger partial charge >= 0.3 is 0 Å². The molecule has 1 amide bonds. The molecular weight excluding hydrogens is 388 g/mol. The molecule has 0 atom stereocenters. The predicted molar refractivity (Wildman–Crippen MR) is 123 cm³/mol. The van der Waals surface area contributed by atoms with Gasteiger partial charge in [0.05, 0.1) is 12.8 Å². The Morgan fingerprint density at radius 2 is 1.81 bits per heavy atom. The topological polar surface area (TPSA) is 69.9 Å². The Morgan fingerprint density at radius 1 is 0.968 bits per heavy atom. The molecule has 160 valence electrons. The number of amides is 1. The fraction of sp³-hybridized carbons (Fsp3) is 0.280. The van der Waals surface area contributed by atoms with Crippen LogP contribution in [0.2, 0.25) is 0 Å². The number of rotatable bonds is 8. The van der Waals surface area contributed by atoms with Crippen LogP contribution in [0.25, 0.3) is 0 Å². The number of aliphatic imine (C=N–C) groups is 1. The first kappa shape index (κ1) is 20.7. The maximum absolute atomic E-state index is 11.9. The Balaban J connectivity index is 1.35. The van der Waals surface area contributed by atoms with Crippen molar-refractivity contribution in [3.05, 3.63) is 89.9 Å². The number of nitrogens with one attached hydrogen (secondary N) is 2. The third-order valence-electron chi connectivity index (χ3n) is 5.29. The van der Waals surface area contributed by atoms with Crippen LogP contribution in [-0.4, -0.2) is 25.0 Å². The summed E-state index contributed by atoms with van der Waals surface area (Å²) < 4.78 is 5.41. The molecule has 1 aromatic heterocycles. The number of carbonyl (C=O) groups excluding carboxylic acids is 1. The monoisotopic (exact) mass is 416 g/mol. The van der Waals surface area contributed by atoms with Gasteiger partial charge in [-0.1, -0.05) is 42.5 Å². The third-order valence-corrected chi connectivity index (χ3v) is 5.29. The molecule has 0 aliphatic carbocycles. The molecule has 1 aliphatic rings. The number of benzene rings is 2. The molecule has 3 aromatic rings. The molecule has 1 aliphatic heterocycles. The summed E-state index contributed by atoms with van der Waals surface area (Å²) in [4.78, 5) is 18.5. The Morgan fingerprint density at radius 3 is 2.52 bits per heavy atom. The Bertz CT molecular complexity index is 982. The van der Waals surface area contributed by atoms with Crippen LogP contribution in [0.3, 0.4) is 0 Å². The molecule has 1 fully saturated rings. The van der Waals surface area contributed by atoms with Crippen molar-refractivity contribution in [1.29, 1.82) is 0 Å². The van der Waals surface area contributed by atoms with Crippen LogP contribution in [0.5, 0.6) is 0 Å². The highest BCUT2D eigenvalue weighted by molar-refractivity contribution is 5.95. The smallest absolute Gasteiger partial charge is 0.227 e. The quantitative estimate of drug-likeness (QED) is 0.432. The van der Waals surface area contributed by atoms with Gasteiger partial charge in [0.1, 0.15) is 5.76 Å². The molecule has 0 saturated carbocycles. The van der Waals surface area contributed by atoms with Crippen molar-refractivity contribution in [2.45, 2.75) is 32.4 Å². The van der Waals surface area contributed by atoms with Crippen LogP contribution in [0.1, 0.15) is 29.7 Å². The summed E-state index contributed by atoms with van der Waals surface area (Å²) in [5, 5.41) is 6.80. The summed E-state index contributed by atoms with van der Waals surface area (Å²) in [5.74, 6) is 1.91. The molecule has 31 heavy (non-hydrogen) atoms. The van der Waals surface area contributed by atoms with E-state index in [0.29, 0.717) is 19.5 Å². The summed E-state index contributed by atoms with van der Waals surface area (Å²) in [7, 11) is 0. The van der Waals surface area contributed by atoms with Gasteiger partial charge in [0.2, 0.25) is 5.91 Å². The van der Waals surface area contributed by atoms with Crippen molar-refractivity contribution in [2.24, 2.45) is 4.99 Å². The van der Waals surface area contributed by atoms with E-state index in [1.54, 1.807) is 6.26 Å². The summed E-state index contributed by atoms with van der Waals surface area (Å²) in [6.45, 7) is 2.79. The van der Waals surface area contributed by atoms with Crippen molar-refractivity contribution in [3.63, 3.8) is 0 Å². The molecular formula is C25H28N4O2. The molecule has 1 saturated heterocycles. The fourth-order valence-electron chi connectivity index (χ4n) is 3.59. The van der Waals surface area contributed by atoms with Gasteiger partial charge in [-0.3, -0.25) is 4.79 Å². The minimum absolute atomic E-state index is 0.210. The SMILES string of the molecule is O=C1CCCN1c1ccc(CNC(=NCc2ccccc2)NCCc2ccco2)cc1. The average molecular weight is 417 g/mol. The zero-order valence-electron chi connectivity index (χ0n) is 17.6. The van der Waals surface area contributed by atoms with Gasteiger partial charge in [0, 0.05) is 38.2 Å². The van der Waals surface area contributed by atoms with E-state index >= 15 is 0 Å². The van der Waals surface area contributed by atoms with E-state index in [-0.39, 0.29) is 5.91 Å². The van der Waals surface area contributed by atoms with E-state index in [2.05, 4.69) is 34.9 Å². The van der Waals surface area contributed by atoms with Crippen LogP contribution in [0, 0.1) is 0 Å². The van der Waals surface area contributed by atoms with Gasteiger partial charge in [-0.25, -0.2) is 4.99 Å². The summed E-state index contributed by atoms with van der Waals surface area (Å²) in [5.41, 5.74) is 3.27. The van der Waals surface area contributed by atoms with E-state index in [0.717, 1.165) is 54.5 Å². The van der Waals surface area contributed by atoms with Gasteiger partial charge in [-0.2, -0.15) is 0 Å². The number of nitrogens with zero attached hydrogens (tertiary/aromatic N) is 2. The number of carbonyl (C=O) groups is 1. The lowest BCUT2D eigenvalue weighted by Gasteiger charge is -2.16. The lowest BCUT2D eigenvalue weighted by Crippen LogP contribution is -2.38. The fourth-order valence-corrected chi connectivity index (χ4v) is 3.59. The van der Waals surface area contributed by atoms with Crippen LogP contribution in [-0.2, 0) is 24.3 Å². The van der Waals surface area contributed by atoms with Gasteiger partial charge in [0.15, 0.2) is 5.96 Å². The predicted octanol–water partition coefficient (Wildman–Crippen LogP) is 3.88. The first-order valence-electron chi connectivity index (χ1n) is 10.8. The second-order valence-electron chi connectivity index (χ2n) is 7.58. The Labute approximate surface area is 183 Å². The standard InChI is InChI=1S/C25H28N4O2/c30-24-9-4-16-29(24)22-12-10-21(11-13-22)19-28-25(26-15-14-23-8-5-17-31-23)27-18-20-6-2-1-3-7-20/h1-3,5-8,10-13,17H,4,9,14-16,18-19H2,(H2,26,27,28). The van der Waals surface area contributed by atoms with E-state index < -0.39 is 0 Å². The van der Waals surface area contributed by atoms with Crippen molar-refractivity contribution in [3.8, 4) is 0 Å². The van der Waals surface area contributed by atoms with Crippen molar-refractivity contribution in [2.75, 3.05) is 18.0 Å². The number of hydrogen-bond donors (Lipinski definition) is 2. The Hall–Kier alpha value is -3.54. The van der Waals surface area contributed by atoms with Crippen LogP contribution >= 0.6 is 0 Å². The summed E-state index contributed by atoms with van der Waals surface area (Å²) in [6.07, 6.45) is 4.07. The van der Waals surface area contributed by atoms with Gasteiger partial charge in [-0.15, -0.1) is 0 Å². The van der Waals surface area contributed by atoms with Crippen LogP contribution in [0.4, 0.5) is 5.69 Å². The van der Waals surface area contributed by atoms with Crippen LogP contribution < -0.4 is 15.5 Å². The minimum Gasteiger partial charge on any atom is -0.469 e. The third kappa shape index (κ3) is 5.98. The number of furan rings is 1. The summed E-state index contributed by atoms with van der Waals surface area (Å²) in [6, 6.07) is 22.2. The lowest BCUT2D eigenvalue weighted by atomic mass is 10.2. The molecule has 4 rings (SSSR count). The molecule has 0 spiro atoms. The molecule has 0 bridgehead atoms. The van der Waals surface area contributed by atoms with Crippen molar-refractivity contribution < 1.29 is 9.21 Å². The molecule has 0 unspecified atom stereocenters. The number of guanidine groups is 1. The number of hydrogen-bond acceptors (Lipinski definition) is 3. The highest BCUT2D eigenvalue weighted by Crippen LogP contribution is 2.21. The van der Waals surface area contributed by atoms with E-state index in [1.165, 1.54) is 0 Å². The molecule has 6 heteroatoms. The first-order valence-corrected chi connectivity index (χ1v) is 10.8. The second-order valence-corrected chi connectivity index (χ2v) is 7.58. The second kappa shape index (κ2) is 10.5. The highest BCUT2D eigenvalue weighted by Gasteiger charge is 2.21. The molecule has 2 heterocycles. The zero-order valence-corrected chi connectivity index (χ0v) is 17.6. The van der Waals surface area contributed by atoms with Gasteiger partial charge in [0.25, 0.3) is 0 Å². The molecule has 0 radical (unpaired) electrons. The molecule has 6 nitrogen and oxygen atoms in total. The van der Waals surface area contributed by atoms with E-state index in [9.17, 15) is 4.79 Å². The Kier molecular flexibility index (Phi) is 7.00. The minimum atomic E-state index is 0.210. The maximum Gasteiger partial charge on any atom is 0.227 e. The van der Waals surface area contributed by atoms with E-state index in [1.807, 2.05) is 47.4 Å². The molecule has 2 N–H and O–H groups in total. The number of anilines is 1. The van der Waals surface area contributed by atoms with E-state index in [4.69, 9.17) is 9.41 Å². The van der Waals surface area contributed by atoms with Crippen molar-refractivity contribution in [1.82, 2.24) is 10.6 Å². The van der Waals surface area contributed by atoms with Gasteiger partial charge < -0.3 is 20.0 Å².